The highest BCUT2D eigenvalue weighted by molar-refractivity contribution is 7.18. The number of carbonyl (C=O) groups is 2. The molecule has 2 unspecified atom stereocenters. The van der Waals surface area contributed by atoms with Crippen LogP contribution in [0.4, 0.5) is 4.79 Å². The van der Waals surface area contributed by atoms with Crippen molar-refractivity contribution < 1.29 is 19.4 Å². The van der Waals surface area contributed by atoms with Gasteiger partial charge in [-0.15, -0.1) is 11.3 Å². The molecule has 1 aromatic heterocycles. The van der Waals surface area contributed by atoms with E-state index in [9.17, 15) is 9.59 Å². The van der Waals surface area contributed by atoms with Crippen molar-refractivity contribution in [2.45, 2.75) is 31.4 Å². The molecular weight excluding hydrogens is 302 g/mol. The van der Waals surface area contributed by atoms with E-state index >= 15 is 0 Å². The number of ether oxygens (including phenoxy) is 1. The van der Waals surface area contributed by atoms with Crippen molar-refractivity contribution in [1.82, 2.24) is 5.32 Å². The van der Waals surface area contributed by atoms with Crippen molar-refractivity contribution in [2.24, 2.45) is 11.8 Å². The van der Waals surface area contributed by atoms with Crippen molar-refractivity contribution in [1.29, 1.82) is 0 Å². The van der Waals surface area contributed by atoms with Gasteiger partial charge >= 0.3 is 6.16 Å². The van der Waals surface area contributed by atoms with Crippen LogP contribution in [-0.4, -0.2) is 22.9 Å². The topological polar surface area (TPSA) is 75.6 Å². The standard InChI is InChI=1S/C13H14ClNO4S/c14-10-4-3-9(20-10)11(16)15-13(19-12(17)18)6-7-1-2-8(13)5-7/h3-4,7-8H,1-2,5-6H2,(H,15,16)(H,17,18)/t7?,8?,13-/m0/s1. The Hall–Kier alpha value is -1.27. The van der Waals surface area contributed by atoms with Crippen molar-refractivity contribution >= 4 is 35.0 Å². The molecule has 3 atom stereocenters. The average molecular weight is 316 g/mol. The van der Waals surface area contributed by atoms with E-state index in [1.54, 1.807) is 12.1 Å². The van der Waals surface area contributed by atoms with Gasteiger partial charge in [0.05, 0.1) is 9.21 Å². The second kappa shape index (κ2) is 4.93. The summed E-state index contributed by atoms with van der Waals surface area (Å²) in [5, 5.41) is 11.8. The summed E-state index contributed by atoms with van der Waals surface area (Å²) in [7, 11) is 0. The highest BCUT2D eigenvalue weighted by Crippen LogP contribution is 2.51. The Morgan fingerprint density at radius 1 is 1.45 bits per heavy atom. The molecule has 2 aliphatic rings. The minimum atomic E-state index is -1.35. The maximum Gasteiger partial charge on any atom is 0.507 e. The lowest BCUT2D eigenvalue weighted by atomic mass is 9.91. The van der Waals surface area contributed by atoms with Crippen LogP contribution < -0.4 is 5.32 Å². The number of rotatable bonds is 3. The predicted octanol–water partition coefficient (Wildman–Crippen LogP) is 3.34. The molecular formula is C13H14ClNO4S. The van der Waals surface area contributed by atoms with Gasteiger partial charge in [-0.3, -0.25) is 4.79 Å². The average Bonchev–Trinajstić information content (AvgIpc) is 3.03. The Morgan fingerprint density at radius 2 is 2.25 bits per heavy atom. The van der Waals surface area contributed by atoms with Gasteiger partial charge in [0.2, 0.25) is 0 Å². The third kappa shape index (κ3) is 2.38. The zero-order chi connectivity index (χ0) is 14.3. The summed E-state index contributed by atoms with van der Waals surface area (Å²) in [5.41, 5.74) is -1.07. The summed E-state index contributed by atoms with van der Waals surface area (Å²) in [6.45, 7) is 0. The number of hydrogen-bond donors (Lipinski definition) is 2. The first-order valence-electron chi connectivity index (χ1n) is 6.48. The third-order valence-electron chi connectivity index (χ3n) is 4.18. The van der Waals surface area contributed by atoms with Gasteiger partial charge in [0.25, 0.3) is 5.91 Å². The fourth-order valence-corrected chi connectivity index (χ4v) is 4.37. The Labute approximate surface area is 124 Å². The monoisotopic (exact) mass is 315 g/mol. The number of hydrogen-bond acceptors (Lipinski definition) is 4. The van der Waals surface area contributed by atoms with Gasteiger partial charge in [-0.2, -0.15) is 0 Å². The first-order valence-corrected chi connectivity index (χ1v) is 7.68. The molecule has 7 heteroatoms. The van der Waals surface area contributed by atoms with Crippen LogP contribution in [-0.2, 0) is 4.74 Å². The second-order valence-corrected chi connectivity index (χ2v) is 7.11. The van der Waals surface area contributed by atoms with E-state index in [0.717, 1.165) is 19.3 Å². The fourth-order valence-electron chi connectivity index (χ4n) is 3.43. The van der Waals surface area contributed by atoms with E-state index in [0.29, 0.717) is 21.6 Å². The lowest BCUT2D eigenvalue weighted by Gasteiger charge is -2.36. The Kier molecular flexibility index (Phi) is 3.38. The molecule has 2 fully saturated rings. The molecule has 0 aliphatic heterocycles. The maximum absolute atomic E-state index is 12.2. The zero-order valence-corrected chi connectivity index (χ0v) is 12.2. The lowest BCUT2D eigenvalue weighted by Crippen LogP contribution is -2.55. The summed E-state index contributed by atoms with van der Waals surface area (Å²) in [6.07, 6.45) is 2.11. The highest BCUT2D eigenvalue weighted by atomic mass is 35.5. The molecule has 108 valence electrons. The molecule has 1 heterocycles. The molecule has 20 heavy (non-hydrogen) atoms. The first-order chi connectivity index (χ1) is 9.48. The molecule has 3 rings (SSSR count). The Morgan fingerprint density at radius 3 is 2.75 bits per heavy atom. The summed E-state index contributed by atoms with van der Waals surface area (Å²) in [6, 6.07) is 3.27. The smallest absolute Gasteiger partial charge is 0.450 e. The molecule has 1 aromatic rings. The third-order valence-corrected chi connectivity index (χ3v) is 5.41. The highest BCUT2D eigenvalue weighted by Gasteiger charge is 2.55. The van der Waals surface area contributed by atoms with Crippen LogP contribution in [0.3, 0.4) is 0 Å². The number of halogens is 1. The van der Waals surface area contributed by atoms with Crippen LogP contribution in [0, 0.1) is 11.8 Å². The van der Waals surface area contributed by atoms with Crippen LogP contribution in [0.15, 0.2) is 12.1 Å². The molecule has 2 bridgehead atoms. The van der Waals surface area contributed by atoms with E-state index in [1.807, 2.05) is 0 Å². The molecule has 2 aliphatic carbocycles. The molecule has 0 spiro atoms. The second-order valence-electron chi connectivity index (χ2n) is 5.40. The molecule has 0 saturated heterocycles. The van der Waals surface area contributed by atoms with Gasteiger partial charge in [-0.05, 0) is 37.3 Å². The summed E-state index contributed by atoms with van der Waals surface area (Å²) in [5.74, 6) is 0.185. The lowest BCUT2D eigenvalue weighted by molar-refractivity contribution is -0.0697. The summed E-state index contributed by atoms with van der Waals surface area (Å²) in [4.78, 5) is 23.7. The molecule has 2 saturated carbocycles. The van der Waals surface area contributed by atoms with E-state index in [1.165, 1.54) is 11.3 Å². The summed E-state index contributed by atoms with van der Waals surface area (Å²) >= 11 is 6.98. The fraction of sp³-hybridized carbons (Fsp3) is 0.538. The summed E-state index contributed by atoms with van der Waals surface area (Å²) < 4.78 is 5.61. The van der Waals surface area contributed by atoms with Crippen LogP contribution in [0.2, 0.25) is 4.34 Å². The molecule has 2 N–H and O–H groups in total. The first kappa shape index (κ1) is 13.7. The molecule has 0 aromatic carbocycles. The van der Waals surface area contributed by atoms with Gasteiger partial charge in [0.15, 0.2) is 5.72 Å². The van der Waals surface area contributed by atoms with Gasteiger partial charge in [0.1, 0.15) is 0 Å². The van der Waals surface area contributed by atoms with Crippen LogP contribution in [0.1, 0.15) is 35.4 Å². The van der Waals surface area contributed by atoms with E-state index in [2.05, 4.69) is 5.32 Å². The van der Waals surface area contributed by atoms with Gasteiger partial charge in [0, 0.05) is 12.3 Å². The van der Waals surface area contributed by atoms with Gasteiger partial charge < -0.3 is 15.2 Å². The van der Waals surface area contributed by atoms with E-state index in [-0.39, 0.29) is 11.8 Å². The van der Waals surface area contributed by atoms with E-state index < -0.39 is 11.9 Å². The maximum atomic E-state index is 12.2. The number of thiophene rings is 1. The quantitative estimate of drug-likeness (QED) is 0.662. The number of nitrogens with one attached hydrogen (secondary N) is 1. The van der Waals surface area contributed by atoms with Crippen LogP contribution in [0.5, 0.6) is 0 Å². The zero-order valence-electron chi connectivity index (χ0n) is 10.6. The van der Waals surface area contributed by atoms with Gasteiger partial charge in [-0.25, -0.2) is 4.79 Å². The van der Waals surface area contributed by atoms with Crippen LogP contribution in [0.25, 0.3) is 0 Å². The van der Waals surface area contributed by atoms with Crippen molar-refractivity contribution in [3.05, 3.63) is 21.3 Å². The largest absolute Gasteiger partial charge is 0.507 e. The van der Waals surface area contributed by atoms with Crippen molar-refractivity contribution in [3.63, 3.8) is 0 Å². The minimum Gasteiger partial charge on any atom is -0.450 e. The van der Waals surface area contributed by atoms with Crippen molar-refractivity contribution in [2.75, 3.05) is 0 Å². The predicted molar refractivity (Wildman–Crippen MR) is 74.1 cm³/mol. The molecule has 1 amide bonds. The van der Waals surface area contributed by atoms with Crippen molar-refractivity contribution in [3.8, 4) is 0 Å². The normalized spacial score (nSPS) is 31.2. The number of carboxylic acid groups (broad SMARTS) is 1. The molecule has 0 radical (unpaired) electrons. The van der Waals surface area contributed by atoms with Gasteiger partial charge in [-0.1, -0.05) is 11.6 Å². The Balaban J connectivity index is 1.80. The minimum absolute atomic E-state index is 0.0722. The number of carbonyl (C=O) groups excluding carboxylic acids is 1. The number of amides is 1. The van der Waals surface area contributed by atoms with Crippen LogP contribution >= 0.6 is 22.9 Å². The van der Waals surface area contributed by atoms with E-state index in [4.69, 9.17) is 21.4 Å². The molecule has 5 nitrogen and oxygen atoms in total. The number of fused-ring (bicyclic) bond motifs is 2. The Bertz CT molecular complexity index is 560. The SMILES string of the molecule is O=C(O)O[C@@]1(NC(=O)c2ccc(Cl)s2)CC2CCC1C2.